The molecular formula is C21H32IN5O2. The average molecular weight is 513 g/mol. The number of nitrogens with one attached hydrogen (secondary N) is 3. The number of para-hydroxylation sites is 1. The lowest BCUT2D eigenvalue weighted by molar-refractivity contribution is 0.0474. The number of hydrogen-bond acceptors (Lipinski definition) is 4. The lowest BCUT2D eigenvalue weighted by atomic mass is 10.1. The molecule has 0 saturated carbocycles. The first-order valence-electron chi connectivity index (χ1n) is 9.38. The normalized spacial score (nSPS) is 12.1. The lowest BCUT2D eigenvalue weighted by Gasteiger charge is -2.29. The summed E-state index contributed by atoms with van der Waals surface area (Å²) >= 11 is 0. The maximum atomic E-state index is 12.0. The van der Waals surface area contributed by atoms with Crippen molar-refractivity contribution in [2.75, 3.05) is 13.6 Å². The summed E-state index contributed by atoms with van der Waals surface area (Å²) in [5.74, 6) is 0.653. The van der Waals surface area contributed by atoms with Crippen molar-refractivity contribution in [1.82, 2.24) is 20.9 Å². The Morgan fingerprint density at radius 3 is 2.45 bits per heavy atom. The van der Waals surface area contributed by atoms with Crippen LogP contribution in [-0.4, -0.2) is 41.8 Å². The number of pyridine rings is 1. The molecule has 7 nitrogen and oxygen atoms in total. The Bertz CT molecular complexity index is 841. The van der Waals surface area contributed by atoms with Crippen molar-refractivity contribution in [3.63, 3.8) is 0 Å². The van der Waals surface area contributed by atoms with Crippen LogP contribution in [0, 0.1) is 0 Å². The van der Waals surface area contributed by atoms with E-state index < -0.39 is 17.2 Å². The van der Waals surface area contributed by atoms with Crippen molar-refractivity contribution >= 4 is 46.9 Å². The fourth-order valence-corrected chi connectivity index (χ4v) is 2.64. The molecular weight excluding hydrogens is 481 g/mol. The summed E-state index contributed by atoms with van der Waals surface area (Å²) in [7, 11) is 1.72. The lowest BCUT2D eigenvalue weighted by Crippen LogP contribution is -2.54. The number of aromatic nitrogens is 1. The smallest absolute Gasteiger partial charge is 0.408 e. The zero-order valence-corrected chi connectivity index (χ0v) is 20.3. The van der Waals surface area contributed by atoms with Crippen LogP contribution in [0.4, 0.5) is 4.79 Å². The van der Waals surface area contributed by atoms with Gasteiger partial charge < -0.3 is 20.7 Å². The minimum absolute atomic E-state index is 0. The van der Waals surface area contributed by atoms with Crippen LogP contribution in [0.5, 0.6) is 0 Å². The first kappa shape index (κ1) is 24.9. The number of rotatable bonds is 5. The molecule has 0 radical (unpaired) electrons. The third-order valence-corrected chi connectivity index (χ3v) is 3.95. The van der Waals surface area contributed by atoms with Gasteiger partial charge in [0.1, 0.15) is 5.60 Å². The summed E-state index contributed by atoms with van der Waals surface area (Å²) in [6, 6.07) is 10.0. The third kappa shape index (κ3) is 8.43. The minimum atomic E-state index is -0.529. The van der Waals surface area contributed by atoms with E-state index in [4.69, 9.17) is 4.74 Å². The molecule has 0 atom stereocenters. The van der Waals surface area contributed by atoms with Gasteiger partial charge in [0.25, 0.3) is 0 Å². The second kappa shape index (κ2) is 10.6. The number of amides is 1. The molecule has 0 bridgehead atoms. The highest BCUT2D eigenvalue weighted by molar-refractivity contribution is 14.0. The van der Waals surface area contributed by atoms with E-state index in [0.29, 0.717) is 19.0 Å². The number of carbonyl (C=O) groups is 1. The van der Waals surface area contributed by atoms with Gasteiger partial charge in [-0.1, -0.05) is 18.2 Å². The average Bonchev–Trinajstić information content (AvgIpc) is 2.59. The molecule has 0 aliphatic heterocycles. The van der Waals surface area contributed by atoms with Gasteiger partial charge in [-0.2, -0.15) is 0 Å². The van der Waals surface area contributed by atoms with E-state index in [1.165, 1.54) is 0 Å². The molecule has 0 saturated heterocycles. The van der Waals surface area contributed by atoms with Gasteiger partial charge in [0, 0.05) is 31.7 Å². The number of benzene rings is 1. The zero-order chi connectivity index (χ0) is 20.8. The second-order valence-electron chi connectivity index (χ2n) is 8.28. The molecule has 0 fully saturated rings. The SMILES string of the molecule is CN=C(NCc1ccnc2ccccc12)NCC(C)(C)NC(=O)OC(C)(C)C.I. The molecule has 0 aliphatic carbocycles. The largest absolute Gasteiger partial charge is 0.444 e. The summed E-state index contributed by atoms with van der Waals surface area (Å²) in [6.45, 7) is 10.5. The number of aliphatic imine (C=N–C) groups is 1. The molecule has 1 aromatic carbocycles. The van der Waals surface area contributed by atoms with Crippen LogP contribution in [0.3, 0.4) is 0 Å². The van der Waals surface area contributed by atoms with Crippen LogP contribution in [0.15, 0.2) is 41.5 Å². The standard InChI is InChI=1S/C21H31N5O2.HI/c1-20(2,3)28-19(27)26-21(4,5)14-25-18(22-6)24-13-15-11-12-23-17-10-8-7-9-16(15)17;/h7-12H,13-14H2,1-6H3,(H,26,27)(H2,22,24,25);1H. The van der Waals surface area contributed by atoms with Crippen LogP contribution in [0.25, 0.3) is 10.9 Å². The van der Waals surface area contributed by atoms with Crippen molar-refractivity contribution < 1.29 is 9.53 Å². The Labute approximate surface area is 190 Å². The summed E-state index contributed by atoms with van der Waals surface area (Å²) in [5, 5.41) is 10.5. The molecule has 1 heterocycles. The van der Waals surface area contributed by atoms with Crippen molar-refractivity contribution in [2.45, 2.75) is 52.3 Å². The Kier molecular flexibility index (Phi) is 9.13. The van der Waals surface area contributed by atoms with E-state index in [1.807, 2.05) is 65.1 Å². The van der Waals surface area contributed by atoms with E-state index in [-0.39, 0.29) is 24.0 Å². The maximum Gasteiger partial charge on any atom is 0.408 e. The highest BCUT2D eigenvalue weighted by atomic mass is 127. The van der Waals surface area contributed by atoms with E-state index in [0.717, 1.165) is 16.5 Å². The number of fused-ring (bicyclic) bond motifs is 1. The number of halogens is 1. The number of guanidine groups is 1. The number of ether oxygens (including phenoxy) is 1. The van der Waals surface area contributed by atoms with E-state index in [1.54, 1.807) is 7.05 Å². The molecule has 2 rings (SSSR count). The molecule has 29 heavy (non-hydrogen) atoms. The van der Waals surface area contributed by atoms with Crippen LogP contribution in [-0.2, 0) is 11.3 Å². The Morgan fingerprint density at radius 1 is 1.10 bits per heavy atom. The highest BCUT2D eigenvalue weighted by Gasteiger charge is 2.24. The molecule has 0 aliphatic rings. The monoisotopic (exact) mass is 513 g/mol. The fourth-order valence-electron chi connectivity index (χ4n) is 2.64. The van der Waals surface area contributed by atoms with Gasteiger partial charge in [-0.05, 0) is 52.3 Å². The number of alkyl carbamates (subject to hydrolysis) is 1. The van der Waals surface area contributed by atoms with Gasteiger partial charge in [0.05, 0.1) is 11.1 Å². The molecule has 1 amide bonds. The second-order valence-corrected chi connectivity index (χ2v) is 8.28. The Hall–Kier alpha value is -2.10. The van der Waals surface area contributed by atoms with Crippen LogP contribution in [0.1, 0.15) is 40.2 Å². The zero-order valence-electron chi connectivity index (χ0n) is 18.0. The number of hydrogen-bond donors (Lipinski definition) is 3. The van der Waals surface area contributed by atoms with Crippen molar-refractivity contribution in [3.05, 3.63) is 42.1 Å². The van der Waals surface area contributed by atoms with Crippen LogP contribution < -0.4 is 16.0 Å². The maximum absolute atomic E-state index is 12.0. The first-order valence-corrected chi connectivity index (χ1v) is 9.38. The summed E-state index contributed by atoms with van der Waals surface area (Å²) in [5.41, 5.74) is 1.06. The van der Waals surface area contributed by atoms with Gasteiger partial charge in [0.2, 0.25) is 0 Å². The minimum Gasteiger partial charge on any atom is -0.444 e. The molecule has 8 heteroatoms. The molecule has 0 spiro atoms. The Morgan fingerprint density at radius 2 is 1.79 bits per heavy atom. The summed E-state index contributed by atoms with van der Waals surface area (Å²) in [4.78, 5) is 20.7. The fraction of sp³-hybridized carbons (Fsp3) is 0.476. The Balaban J connectivity index is 0.00000420. The summed E-state index contributed by atoms with van der Waals surface area (Å²) in [6.07, 6.45) is 1.37. The van der Waals surface area contributed by atoms with Crippen LogP contribution >= 0.6 is 24.0 Å². The van der Waals surface area contributed by atoms with E-state index >= 15 is 0 Å². The molecule has 2 aromatic rings. The molecule has 3 N–H and O–H groups in total. The van der Waals surface area contributed by atoms with Gasteiger partial charge in [-0.15, -0.1) is 24.0 Å². The predicted octanol–water partition coefficient (Wildman–Crippen LogP) is 3.82. The van der Waals surface area contributed by atoms with Gasteiger partial charge in [-0.3, -0.25) is 9.98 Å². The third-order valence-electron chi connectivity index (χ3n) is 3.95. The van der Waals surface area contributed by atoms with Gasteiger partial charge in [0.15, 0.2) is 5.96 Å². The van der Waals surface area contributed by atoms with Crippen LogP contribution in [0.2, 0.25) is 0 Å². The van der Waals surface area contributed by atoms with Crippen molar-refractivity contribution in [3.8, 4) is 0 Å². The van der Waals surface area contributed by atoms with Crippen molar-refractivity contribution in [1.29, 1.82) is 0 Å². The molecule has 1 aromatic heterocycles. The quantitative estimate of drug-likeness (QED) is 0.322. The first-order chi connectivity index (χ1) is 13.1. The number of nitrogens with zero attached hydrogens (tertiary/aromatic N) is 2. The number of carbonyl (C=O) groups excluding carboxylic acids is 1. The topological polar surface area (TPSA) is 87.6 Å². The highest BCUT2D eigenvalue weighted by Crippen LogP contribution is 2.15. The molecule has 0 unspecified atom stereocenters. The van der Waals surface area contributed by atoms with Crippen molar-refractivity contribution in [2.24, 2.45) is 4.99 Å². The van der Waals surface area contributed by atoms with Gasteiger partial charge in [-0.25, -0.2) is 4.79 Å². The van der Waals surface area contributed by atoms with Gasteiger partial charge >= 0.3 is 6.09 Å². The predicted molar refractivity (Wildman–Crippen MR) is 129 cm³/mol. The molecule has 160 valence electrons. The van der Waals surface area contributed by atoms with E-state index in [2.05, 4.69) is 32.0 Å². The van der Waals surface area contributed by atoms with E-state index in [9.17, 15) is 4.79 Å². The summed E-state index contributed by atoms with van der Waals surface area (Å²) < 4.78 is 5.32.